The van der Waals surface area contributed by atoms with Crippen LogP contribution in [0.2, 0.25) is 5.02 Å². The summed E-state index contributed by atoms with van der Waals surface area (Å²) in [5.74, 6) is 0.592. The molecule has 1 saturated heterocycles. The Hall–Kier alpha value is -2.60. The van der Waals surface area contributed by atoms with Crippen LogP contribution in [0.4, 0.5) is 5.69 Å². The van der Waals surface area contributed by atoms with Crippen LogP contribution in [0.15, 0.2) is 77.7 Å². The fourth-order valence-corrected chi connectivity index (χ4v) is 4.47. The van der Waals surface area contributed by atoms with Gasteiger partial charge in [-0.05, 0) is 54.0 Å². The van der Waals surface area contributed by atoms with Crippen LogP contribution in [0, 0.1) is 6.92 Å². The number of nitrogens with zero attached hydrogens (tertiary/aromatic N) is 1. The summed E-state index contributed by atoms with van der Waals surface area (Å²) in [6, 6.07) is 23.2. The molecule has 150 valence electrons. The van der Waals surface area contributed by atoms with Crippen LogP contribution < -0.4 is 9.64 Å². The Morgan fingerprint density at radius 1 is 1.07 bits per heavy atom. The topological polar surface area (TPSA) is 29.5 Å². The average Bonchev–Trinajstić information content (AvgIpc) is 3.02. The summed E-state index contributed by atoms with van der Waals surface area (Å²) >= 11 is 13.0. The molecule has 3 nitrogen and oxygen atoms in total. The van der Waals surface area contributed by atoms with Gasteiger partial charge in [0.05, 0.1) is 10.6 Å². The van der Waals surface area contributed by atoms with Gasteiger partial charge in [-0.2, -0.15) is 0 Å². The lowest BCUT2D eigenvalue weighted by molar-refractivity contribution is -0.113. The van der Waals surface area contributed by atoms with Gasteiger partial charge in [0.25, 0.3) is 5.91 Å². The van der Waals surface area contributed by atoms with Crippen molar-refractivity contribution in [2.24, 2.45) is 0 Å². The van der Waals surface area contributed by atoms with Gasteiger partial charge in [0.15, 0.2) is 4.32 Å². The summed E-state index contributed by atoms with van der Waals surface area (Å²) in [5.41, 5.74) is 3.61. The molecule has 3 aromatic rings. The molecule has 0 saturated carbocycles. The molecule has 6 heteroatoms. The maximum atomic E-state index is 13.0. The quantitative estimate of drug-likeness (QED) is 0.321. The number of carbonyl (C=O) groups excluding carboxylic acids is 1. The van der Waals surface area contributed by atoms with Crippen LogP contribution in [0.1, 0.15) is 16.7 Å². The van der Waals surface area contributed by atoms with Gasteiger partial charge in [0, 0.05) is 5.02 Å². The fourth-order valence-electron chi connectivity index (χ4n) is 3.00. The minimum atomic E-state index is -0.152. The number of ether oxygens (including phenoxy) is 1. The Morgan fingerprint density at radius 2 is 1.87 bits per heavy atom. The van der Waals surface area contributed by atoms with Gasteiger partial charge < -0.3 is 4.74 Å². The first-order valence-corrected chi connectivity index (χ1v) is 10.9. The minimum absolute atomic E-state index is 0.152. The van der Waals surface area contributed by atoms with Crippen LogP contribution in [0.25, 0.3) is 6.08 Å². The standard InChI is InChI=1S/C24H18ClNO2S2/c1-16-10-11-19(14-21(16)25)26-23(27)22(30-24(26)29)13-18-8-5-9-20(12-18)28-15-17-6-3-2-4-7-17/h2-14H,15H2,1H3/b22-13-. The molecule has 4 rings (SSSR count). The van der Waals surface area contributed by atoms with E-state index in [4.69, 9.17) is 28.6 Å². The number of benzene rings is 3. The molecule has 30 heavy (non-hydrogen) atoms. The largest absolute Gasteiger partial charge is 0.489 e. The summed E-state index contributed by atoms with van der Waals surface area (Å²) in [5, 5.41) is 0.605. The molecule has 0 radical (unpaired) electrons. The molecule has 1 fully saturated rings. The second kappa shape index (κ2) is 9.04. The van der Waals surface area contributed by atoms with Gasteiger partial charge in [-0.25, -0.2) is 0 Å². The normalized spacial score (nSPS) is 15.1. The van der Waals surface area contributed by atoms with Gasteiger partial charge in [0.2, 0.25) is 0 Å². The average molecular weight is 452 g/mol. The Morgan fingerprint density at radius 3 is 2.63 bits per heavy atom. The third-order valence-corrected chi connectivity index (χ3v) is 6.32. The molecule has 0 atom stereocenters. The highest BCUT2D eigenvalue weighted by molar-refractivity contribution is 8.27. The van der Waals surface area contributed by atoms with Crippen LogP contribution in [0.5, 0.6) is 5.75 Å². The summed E-state index contributed by atoms with van der Waals surface area (Å²) in [6.07, 6.45) is 1.84. The molecule has 0 N–H and O–H groups in total. The van der Waals surface area contributed by atoms with E-state index in [0.29, 0.717) is 26.5 Å². The zero-order chi connectivity index (χ0) is 21.1. The van der Waals surface area contributed by atoms with Gasteiger partial charge >= 0.3 is 0 Å². The number of rotatable bonds is 5. The lowest BCUT2D eigenvalue weighted by Crippen LogP contribution is -2.27. The van der Waals surface area contributed by atoms with E-state index in [9.17, 15) is 4.79 Å². The van der Waals surface area contributed by atoms with Crippen molar-refractivity contribution >= 4 is 57.6 Å². The van der Waals surface area contributed by atoms with E-state index < -0.39 is 0 Å². The Bertz CT molecular complexity index is 1140. The summed E-state index contributed by atoms with van der Waals surface area (Å²) < 4.78 is 6.38. The number of thioether (sulfide) groups is 1. The smallest absolute Gasteiger partial charge is 0.270 e. The van der Waals surface area contributed by atoms with Crippen LogP contribution in [-0.2, 0) is 11.4 Å². The van der Waals surface area contributed by atoms with E-state index in [1.807, 2.05) is 79.7 Å². The van der Waals surface area contributed by atoms with Gasteiger partial charge in [0.1, 0.15) is 12.4 Å². The third kappa shape index (κ3) is 4.59. The molecule has 1 aliphatic heterocycles. The lowest BCUT2D eigenvalue weighted by Gasteiger charge is -2.15. The first kappa shape index (κ1) is 20.7. The molecule has 0 spiro atoms. The lowest BCUT2D eigenvalue weighted by atomic mass is 10.2. The number of amides is 1. The van der Waals surface area contributed by atoms with Crippen LogP contribution in [0.3, 0.4) is 0 Å². The van der Waals surface area contributed by atoms with Crippen molar-refractivity contribution in [2.45, 2.75) is 13.5 Å². The second-order valence-electron chi connectivity index (χ2n) is 6.80. The van der Waals surface area contributed by atoms with Crippen molar-refractivity contribution in [3.05, 3.63) is 99.4 Å². The van der Waals surface area contributed by atoms with Crippen LogP contribution >= 0.6 is 35.6 Å². The van der Waals surface area contributed by atoms with E-state index >= 15 is 0 Å². The van der Waals surface area contributed by atoms with Gasteiger partial charge in [-0.1, -0.05) is 84.1 Å². The second-order valence-corrected chi connectivity index (χ2v) is 8.88. The first-order valence-electron chi connectivity index (χ1n) is 9.32. The number of hydrogen-bond donors (Lipinski definition) is 0. The number of halogens is 1. The Kier molecular flexibility index (Phi) is 6.23. The number of aryl methyl sites for hydroxylation is 1. The molecule has 0 aromatic heterocycles. The third-order valence-electron chi connectivity index (χ3n) is 4.61. The Labute approximate surface area is 190 Å². The summed E-state index contributed by atoms with van der Waals surface area (Å²) in [6.45, 7) is 2.41. The van der Waals surface area contributed by atoms with E-state index in [2.05, 4.69) is 0 Å². The molecule has 0 unspecified atom stereocenters. The van der Waals surface area contributed by atoms with Gasteiger partial charge in [-0.3, -0.25) is 9.69 Å². The molecule has 1 amide bonds. The number of carbonyl (C=O) groups is 1. The fraction of sp³-hybridized carbons (Fsp3) is 0.0833. The van der Waals surface area contributed by atoms with Crippen LogP contribution in [-0.4, -0.2) is 10.2 Å². The molecular formula is C24H18ClNO2S2. The SMILES string of the molecule is Cc1ccc(N2C(=O)/C(=C/c3cccc(OCc4ccccc4)c3)SC2=S)cc1Cl. The van der Waals surface area contributed by atoms with Crippen molar-refractivity contribution in [2.75, 3.05) is 4.90 Å². The highest BCUT2D eigenvalue weighted by Gasteiger charge is 2.33. The van der Waals surface area contributed by atoms with E-state index in [1.54, 1.807) is 6.07 Å². The van der Waals surface area contributed by atoms with Gasteiger partial charge in [-0.15, -0.1) is 0 Å². The Balaban J connectivity index is 1.52. The zero-order valence-electron chi connectivity index (χ0n) is 16.2. The highest BCUT2D eigenvalue weighted by atomic mass is 35.5. The monoisotopic (exact) mass is 451 g/mol. The zero-order valence-corrected chi connectivity index (χ0v) is 18.6. The number of anilines is 1. The first-order chi connectivity index (χ1) is 14.5. The van der Waals surface area contributed by atoms with Crippen molar-refractivity contribution in [1.82, 2.24) is 0 Å². The molecule has 3 aromatic carbocycles. The number of thiocarbonyl (C=S) groups is 1. The minimum Gasteiger partial charge on any atom is -0.489 e. The molecular weight excluding hydrogens is 434 g/mol. The maximum Gasteiger partial charge on any atom is 0.270 e. The van der Waals surface area contributed by atoms with Crippen molar-refractivity contribution in [1.29, 1.82) is 0 Å². The summed E-state index contributed by atoms with van der Waals surface area (Å²) in [7, 11) is 0. The molecule has 0 bridgehead atoms. The van der Waals surface area contributed by atoms with E-state index in [0.717, 1.165) is 22.4 Å². The number of hydrogen-bond acceptors (Lipinski definition) is 4. The van der Waals surface area contributed by atoms with Crippen molar-refractivity contribution in [3.63, 3.8) is 0 Å². The van der Waals surface area contributed by atoms with Crippen molar-refractivity contribution in [3.8, 4) is 5.75 Å². The molecule has 0 aliphatic carbocycles. The van der Waals surface area contributed by atoms with E-state index in [1.165, 1.54) is 16.7 Å². The van der Waals surface area contributed by atoms with Crippen molar-refractivity contribution < 1.29 is 9.53 Å². The summed E-state index contributed by atoms with van der Waals surface area (Å²) in [4.78, 5) is 15.1. The molecule has 1 aliphatic rings. The highest BCUT2D eigenvalue weighted by Crippen LogP contribution is 2.37. The maximum absolute atomic E-state index is 13.0. The van der Waals surface area contributed by atoms with E-state index in [-0.39, 0.29) is 5.91 Å². The predicted octanol–water partition coefficient (Wildman–Crippen LogP) is 6.63. The predicted molar refractivity (Wildman–Crippen MR) is 129 cm³/mol. The molecule has 1 heterocycles.